The third-order valence-corrected chi connectivity index (χ3v) is 14.3. The lowest BCUT2D eigenvalue weighted by molar-refractivity contribution is 0.368. The molecule has 3 N–H and O–H groups in total. The van der Waals surface area contributed by atoms with E-state index in [-0.39, 0.29) is 43.3 Å². The standard InChI is InChI=1S/C68H90.H3O3P/c1-61(2,3)45-27-33-51(57(39-45)65(13,14)15)49-31-25-43(37-55(49)53-35-29-47(63(7,8)9)41-59(53)67(19,20)21)44-26-32-50(52-34-28-46(62(4,5)6)40-58(52)66(16,17)18)56(38-44)54-36-30-48(64(10,11)12)42-60(54)68(22,23)24;1-4(2)3/h25-42H,1-24H3;1-3H. The van der Waals surface area contributed by atoms with Crippen molar-refractivity contribution in [3.05, 3.63) is 154 Å². The maximum atomic E-state index is 7.23. The topological polar surface area (TPSA) is 60.7 Å². The van der Waals surface area contributed by atoms with E-state index < -0.39 is 8.60 Å². The molecule has 6 aromatic carbocycles. The normalized spacial score (nSPS) is 13.3. The summed E-state index contributed by atoms with van der Waals surface area (Å²) in [6.45, 7) is 56.5. The van der Waals surface area contributed by atoms with E-state index in [0.717, 1.165) is 0 Å². The molecule has 0 saturated carbocycles. The molecule has 0 bridgehead atoms. The molecule has 72 heavy (non-hydrogen) atoms. The van der Waals surface area contributed by atoms with Crippen LogP contribution in [0.1, 0.15) is 211 Å². The van der Waals surface area contributed by atoms with Gasteiger partial charge in [0.15, 0.2) is 0 Å². The highest BCUT2D eigenvalue weighted by Gasteiger charge is 2.31. The lowest BCUT2D eigenvalue weighted by atomic mass is 9.73. The Labute approximate surface area is 440 Å². The SMILES string of the molecule is CC(C)(C)c1ccc(-c2ccc(-c3ccc(-c4ccc(C(C)(C)C)cc4C(C)(C)C)c(-c4ccc(C(C)(C)C)cc4C(C)(C)C)c3)cc2-c2ccc(C(C)(C)C)cc2C(C)(C)C)c(C(C)(C)C)c1.OP(O)O. The van der Waals surface area contributed by atoms with Gasteiger partial charge in [0.05, 0.1) is 0 Å². The van der Waals surface area contributed by atoms with Gasteiger partial charge >= 0.3 is 8.60 Å². The van der Waals surface area contributed by atoms with Crippen LogP contribution >= 0.6 is 8.60 Å². The van der Waals surface area contributed by atoms with Crippen LogP contribution in [0, 0.1) is 0 Å². The van der Waals surface area contributed by atoms with E-state index in [0.29, 0.717) is 0 Å². The van der Waals surface area contributed by atoms with Crippen molar-refractivity contribution >= 4 is 8.60 Å². The summed E-state index contributed by atoms with van der Waals surface area (Å²) in [7, 11) is -2.62. The molecule has 0 spiro atoms. The maximum absolute atomic E-state index is 7.23. The third kappa shape index (κ3) is 13.7. The molecule has 0 fully saturated rings. The van der Waals surface area contributed by atoms with Crippen LogP contribution in [-0.2, 0) is 43.3 Å². The van der Waals surface area contributed by atoms with Crippen molar-refractivity contribution in [1.29, 1.82) is 0 Å². The van der Waals surface area contributed by atoms with Gasteiger partial charge in [-0.3, -0.25) is 0 Å². The van der Waals surface area contributed by atoms with Crippen LogP contribution in [0.25, 0.3) is 55.6 Å². The Morgan fingerprint density at radius 2 is 0.403 bits per heavy atom. The van der Waals surface area contributed by atoms with Gasteiger partial charge in [-0.25, -0.2) is 0 Å². The number of hydrogen-bond donors (Lipinski definition) is 3. The lowest BCUT2D eigenvalue weighted by Crippen LogP contribution is -2.18. The number of benzene rings is 6. The van der Waals surface area contributed by atoms with Crippen LogP contribution < -0.4 is 0 Å². The minimum atomic E-state index is -2.62. The summed E-state index contributed by atoms with van der Waals surface area (Å²) in [6.07, 6.45) is 0. The summed E-state index contributed by atoms with van der Waals surface area (Å²) in [5.74, 6) is 0. The summed E-state index contributed by atoms with van der Waals surface area (Å²) >= 11 is 0. The third-order valence-electron chi connectivity index (χ3n) is 14.3. The average Bonchev–Trinajstić information content (AvgIpc) is 3.22. The van der Waals surface area contributed by atoms with Gasteiger partial charge in [0.1, 0.15) is 0 Å². The molecule has 3 nitrogen and oxygen atoms in total. The second kappa shape index (κ2) is 20.4. The first-order valence-electron chi connectivity index (χ1n) is 26.3. The van der Waals surface area contributed by atoms with Gasteiger partial charge in [-0.05, 0) is 156 Å². The first-order valence-corrected chi connectivity index (χ1v) is 27.5. The zero-order valence-corrected chi connectivity index (χ0v) is 50.1. The predicted molar refractivity (Wildman–Crippen MR) is 317 cm³/mol. The Kier molecular flexibility index (Phi) is 16.6. The summed E-state index contributed by atoms with van der Waals surface area (Å²) in [5, 5.41) is 0. The molecule has 0 aliphatic carbocycles. The lowest BCUT2D eigenvalue weighted by Gasteiger charge is -2.31. The van der Waals surface area contributed by atoms with Gasteiger partial charge in [0.25, 0.3) is 0 Å². The van der Waals surface area contributed by atoms with Gasteiger partial charge in [0.2, 0.25) is 0 Å². The van der Waals surface area contributed by atoms with E-state index >= 15 is 0 Å². The largest absolute Gasteiger partial charge is 0.328 e. The Bertz CT molecular complexity index is 2690. The molecule has 4 heteroatoms. The van der Waals surface area contributed by atoms with Crippen LogP contribution in [0.4, 0.5) is 0 Å². The van der Waals surface area contributed by atoms with Crippen molar-refractivity contribution in [3.63, 3.8) is 0 Å². The molecule has 6 aromatic rings. The van der Waals surface area contributed by atoms with Crippen molar-refractivity contribution < 1.29 is 14.7 Å². The summed E-state index contributed by atoms with van der Waals surface area (Å²) < 4.78 is 0. The second-order valence-electron chi connectivity index (χ2n) is 28.8. The van der Waals surface area contributed by atoms with Gasteiger partial charge in [0, 0.05) is 0 Å². The van der Waals surface area contributed by atoms with Crippen molar-refractivity contribution in [3.8, 4) is 55.6 Å². The molecule has 388 valence electrons. The van der Waals surface area contributed by atoms with Crippen LogP contribution in [0.15, 0.2) is 109 Å². The Balaban J connectivity index is 0.00000232. The smallest absolute Gasteiger partial charge is 0.324 e. The Morgan fingerprint density at radius 3 is 0.583 bits per heavy atom. The van der Waals surface area contributed by atoms with E-state index in [1.165, 1.54) is 100 Å². The van der Waals surface area contributed by atoms with Gasteiger partial charge in [-0.2, -0.15) is 0 Å². The van der Waals surface area contributed by atoms with Gasteiger partial charge < -0.3 is 14.7 Å². The van der Waals surface area contributed by atoms with E-state index in [4.69, 9.17) is 14.7 Å². The monoisotopic (exact) mass is 989 g/mol. The van der Waals surface area contributed by atoms with Crippen molar-refractivity contribution in [2.75, 3.05) is 0 Å². The van der Waals surface area contributed by atoms with Crippen molar-refractivity contribution in [2.45, 2.75) is 209 Å². The van der Waals surface area contributed by atoms with Crippen LogP contribution in [-0.4, -0.2) is 14.7 Å². The molecule has 0 aliphatic rings. The molecule has 0 unspecified atom stereocenters. The van der Waals surface area contributed by atoms with E-state index in [1.54, 1.807) is 0 Å². The molecule has 0 atom stereocenters. The minimum Gasteiger partial charge on any atom is -0.328 e. The quantitative estimate of drug-likeness (QED) is 0.151. The van der Waals surface area contributed by atoms with E-state index in [1.807, 2.05) is 0 Å². The van der Waals surface area contributed by atoms with Crippen LogP contribution in [0.2, 0.25) is 0 Å². The first kappa shape index (κ1) is 58.5. The predicted octanol–water partition coefficient (Wildman–Crippen LogP) is 19.6. The molecule has 0 amide bonds. The molecule has 0 heterocycles. The Morgan fingerprint density at radius 1 is 0.222 bits per heavy atom. The van der Waals surface area contributed by atoms with Crippen LogP contribution in [0.5, 0.6) is 0 Å². The molecule has 6 rings (SSSR count). The minimum absolute atomic E-state index is 0.0282. The fraction of sp³-hybridized carbons (Fsp3) is 0.471. The molecule has 0 radical (unpaired) electrons. The highest BCUT2D eigenvalue weighted by Crippen LogP contribution is 2.49. The molecular formula is C68H93O3P. The fourth-order valence-electron chi connectivity index (χ4n) is 9.83. The summed E-state index contributed by atoms with van der Waals surface area (Å²) in [4.78, 5) is 21.7. The Hall–Kier alpha value is -4.37. The fourth-order valence-corrected chi connectivity index (χ4v) is 9.83. The highest BCUT2D eigenvalue weighted by molar-refractivity contribution is 7.38. The van der Waals surface area contributed by atoms with Crippen LogP contribution in [0.3, 0.4) is 0 Å². The zero-order chi connectivity index (χ0) is 54.7. The van der Waals surface area contributed by atoms with Crippen molar-refractivity contribution in [2.24, 2.45) is 0 Å². The van der Waals surface area contributed by atoms with E-state index in [2.05, 4.69) is 275 Å². The number of hydrogen-bond acceptors (Lipinski definition) is 3. The maximum Gasteiger partial charge on any atom is 0.324 e. The number of rotatable bonds is 5. The van der Waals surface area contributed by atoms with E-state index in [9.17, 15) is 0 Å². The summed E-state index contributed by atoms with van der Waals surface area (Å²) in [5.41, 5.74) is 23.7. The molecule has 0 aliphatic heterocycles. The molecular weight excluding hydrogens is 896 g/mol. The molecule has 0 saturated heterocycles. The average molecular weight is 989 g/mol. The van der Waals surface area contributed by atoms with Crippen molar-refractivity contribution in [1.82, 2.24) is 0 Å². The second-order valence-corrected chi connectivity index (χ2v) is 29.4. The van der Waals surface area contributed by atoms with Gasteiger partial charge in [-0.15, -0.1) is 0 Å². The summed E-state index contributed by atoms with van der Waals surface area (Å²) in [6, 6.07) is 43.9. The first-order chi connectivity index (χ1) is 32.5. The highest BCUT2D eigenvalue weighted by atomic mass is 31.2. The zero-order valence-electron chi connectivity index (χ0n) is 49.2. The molecule has 0 aromatic heterocycles. The van der Waals surface area contributed by atoms with Gasteiger partial charge in [-0.1, -0.05) is 263 Å².